The zero-order chi connectivity index (χ0) is 56.4. The average molecular weight is 1100 g/mol. The highest BCUT2D eigenvalue weighted by Crippen LogP contribution is 2.37. The van der Waals surface area contributed by atoms with Crippen LogP contribution in [0.15, 0.2) is 110 Å². The van der Waals surface area contributed by atoms with Crippen LogP contribution in [0.1, 0.15) is 78.3 Å². The Morgan fingerprint density at radius 3 is 1.59 bits per heavy atom. The van der Waals surface area contributed by atoms with Crippen LogP contribution < -0.4 is 30.3 Å². The van der Waals surface area contributed by atoms with Crippen LogP contribution in [0.2, 0.25) is 0 Å². The Balaban J connectivity index is 0.000000195. The molecule has 0 atom stereocenters. The van der Waals surface area contributed by atoms with E-state index < -0.39 is 66.7 Å². The molecule has 3 N–H and O–H groups in total. The minimum absolute atomic E-state index is 0.0835. The number of nitrogens with zero attached hydrogens (tertiary/aromatic N) is 5. The van der Waals surface area contributed by atoms with Crippen LogP contribution in [0, 0.1) is 37.1 Å². The molecule has 2 saturated carbocycles. The number of ether oxygens (including phenoxy) is 3. The molecule has 4 aromatic heterocycles. The number of alkyl halides is 4. The molecule has 0 bridgehead atoms. The Morgan fingerprint density at radius 1 is 0.658 bits per heavy atom. The number of nitrogens with one attached hydrogen (secondary N) is 3. The summed E-state index contributed by atoms with van der Waals surface area (Å²) in [5.74, 6) is -5.75. The molecule has 0 unspecified atom stereocenters. The van der Waals surface area contributed by atoms with Gasteiger partial charge in [-0.05, 0) is 120 Å². The monoisotopic (exact) mass is 1100 g/mol. The summed E-state index contributed by atoms with van der Waals surface area (Å²) < 4.78 is 129. The highest BCUT2D eigenvalue weighted by Gasteiger charge is 2.31. The van der Waals surface area contributed by atoms with Crippen LogP contribution in [0.5, 0.6) is 23.0 Å². The van der Waals surface area contributed by atoms with E-state index in [4.69, 9.17) is 14.2 Å². The van der Waals surface area contributed by atoms with Crippen molar-refractivity contribution in [2.45, 2.75) is 90.8 Å². The molecule has 4 aromatic carbocycles. The van der Waals surface area contributed by atoms with Gasteiger partial charge in [-0.1, -0.05) is 24.3 Å². The number of carbonyl (C=O) groups excluding carboxylic acids is 3. The number of aromatic nitrogens is 4. The van der Waals surface area contributed by atoms with Crippen molar-refractivity contribution in [3.8, 4) is 45.5 Å². The molecule has 2 aliphatic carbocycles. The molecule has 0 radical (unpaired) electrons. The lowest BCUT2D eigenvalue weighted by Gasteiger charge is -2.27. The normalized spacial score (nSPS) is 13.3. The van der Waals surface area contributed by atoms with E-state index in [1.54, 1.807) is 68.6 Å². The molecule has 4 heterocycles. The van der Waals surface area contributed by atoms with Gasteiger partial charge in [0, 0.05) is 46.5 Å². The van der Waals surface area contributed by atoms with Crippen LogP contribution >= 0.6 is 0 Å². The van der Waals surface area contributed by atoms with E-state index >= 15 is 0 Å². The largest absolute Gasteiger partial charge is 0.453 e. The number of amides is 3. The van der Waals surface area contributed by atoms with E-state index in [-0.39, 0.29) is 58.2 Å². The third-order valence-corrected chi connectivity index (χ3v) is 12.5. The summed E-state index contributed by atoms with van der Waals surface area (Å²) in [6.45, 7) is 6.72. The first kappa shape index (κ1) is 55.1. The first-order valence-corrected chi connectivity index (χ1v) is 25.0. The second-order valence-corrected chi connectivity index (χ2v) is 19.9. The number of benzene rings is 4. The highest BCUT2D eigenvalue weighted by molar-refractivity contribution is 5.98. The molecule has 2 aliphatic rings. The second-order valence-electron chi connectivity index (χ2n) is 19.9. The molecule has 3 amide bonds. The number of carbonyl (C=O) groups is 3. The Labute approximate surface area is 447 Å². The molecule has 0 saturated heterocycles. The maximum atomic E-state index is 14.5. The molecule has 0 aliphatic heterocycles. The number of fused-ring (bicyclic) bond motifs is 2. The molecule has 10 rings (SSSR count). The van der Waals surface area contributed by atoms with Crippen LogP contribution in [-0.2, 0) is 4.74 Å². The van der Waals surface area contributed by atoms with Gasteiger partial charge in [-0.25, -0.2) is 41.1 Å². The molecule has 2 fully saturated rings. The van der Waals surface area contributed by atoms with Gasteiger partial charge in [0.1, 0.15) is 17.1 Å². The SMILES string of the molecule is Cc1cc(-c2cnc3c(N(CC(F)F)C(=O)OC(C)(C)C)cc(Oc4cccc(F)c4F)cn23)ccc1C(=O)NC1CC1.Cc1cc(-c2cnc3c(NCC(F)F)cc(Oc4cccc(F)c4F)cn23)ccc1C(=O)NC1CC1. The maximum Gasteiger partial charge on any atom is 0.415 e. The molecular weight excluding hydrogens is 1040 g/mol. The summed E-state index contributed by atoms with van der Waals surface area (Å²) in [5.41, 5.74) is 4.45. The summed E-state index contributed by atoms with van der Waals surface area (Å²) in [5, 5.41) is 8.55. The smallest absolute Gasteiger partial charge is 0.415 e. The van der Waals surface area contributed by atoms with Gasteiger partial charge in [0.15, 0.2) is 34.4 Å². The molecule has 22 heteroatoms. The Morgan fingerprint density at radius 2 is 1.14 bits per heavy atom. The van der Waals surface area contributed by atoms with Crippen LogP contribution in [-0.4, -0.2) is 80.3 Å². The van der Waals surface area contributed by atoms with Crippen molar-refractivity contribution in [3.63, 3.8) is 0 Å². The zero-order valence-electron chi connectivity index (χ0n) is 43.2. The summed E-state index contributed by atoms with van der Waals surface area (Å²) in [6, 6.07) is 20.4. The maximum absolute atomic E-state index is 14.5. The summed E-state index contributed by atoms with van der Waals surface area (Å²) >= 11 is 0. The standard InChI is InChI=1S/C31H30F4N4O4.C26H22F4N4O2/c1-17-12-18(8-11-21(17)29(40)37-19-9-10-19)24-14-36-28-23(39(16-26(33)34)30(41)43-31(2,3)4)13-20(15-38(24)28)42-25-7-5-6-22(32)27(25)35;1-14-9-15(5-8-18(14)26(35)33-16-6-7-16)21-11-32-25-20(31-12-23(28)29)10-17(13-34(21)25)36-22-4-2-3-19(27)24(22)30/h5-8,11-15,19,26H,9-10,16H2,1-4H3,(H,37,40);2-5,8-11,13,16,23,31H,6-7,12H2,1H3,(H,33,35). The second kappa shape index (κ2) is 22.7. The summed E-state index contributed by atoms with van der Waals surface area (Å²) in [7, 11) is 0. The molecule has 79 heavy (non-hydrogen) atoms. The van der Waals surface area contributed by atoms with E-state index in [0.29, 0.717) is 39.3 Å². The number of anilines is 2. The van der Waals surface area contributed by atoms with E-state index in [9.17, 15) is 49.5 Å². The van der Waals surface area contributed by atoms with Gasteiger partial charge in [0.2, 0.25) is 11.6 Å². The van der Waals surface area contributed by atoms with Gasteiger partial charge < -0.3 is 30.2 Å². The van der Waals surface area contributed by atoms with Crippen molar-refractivity contribution in [2.24, 2.45) is 0 Å². The van der Waals surface area contributed by atoms with Gasteiger partial charge in [-0.3, -0.25) is 23.3 Å². The van der Waals surface area contributed by atoms with Crippen molar-refractivity contribution >= 4 is 40.6 Å². The van der Waals surface area contributed by atoms with Crippen molar-refractivity contribution in [1.82, 2.24) is 29.4 Å². The minimum atomic E-state index is -2.94. The highest BCUT2D eigenvalue weighted by atomic mass is 19.3. The lowest BCUT2D eigenvalue weighted by atomic mass is 10.0. The average Bonchev–Trinajstić information content (AvgIpc) is 4.51. The van der Waals surface area contributed by atoms with Gasteiger partial charge in [0.25, 0.3) is 24.7 Å². The number of rotatable bonds is 16. The van der Waals surface area contributed by atoms with E-state index in [1.165, 1.54) is 59.4 Å². The van der Waals surface area contributed by atoms with E-state index in [1.807, 2.05) is 13.0 Å². The van der Waals surface area contributed by atoms with Gasteiger partial charge in [-0.15, -0.1) is 0 Å². The Hall–Kier alpha value is -8.69. The third kappa shape index (κ3) is 13.0. The molecule has 14 nitrogen and oxygen atoms in total. The number of hydrogen-bond donors (Lipinski definition) is 3. The van der Waals surface area contributed by atoms with Crippen molar-refractivity contribution in [3.05, 3.63) is 155 Å². The minimum Gasteiger partial charge on any atom is -0.453 e. The Bertz CT molecular complexity index is 3610. The zero-order valence-corrected chi connectivity index (χ0v) is 43.2. The lowest BCUT2D eigenvalue weighted by Crippen LogP contribution is -2.40. The van der Waals surface area contributed by atoms with Gasteiger partial charge in [0.05, 0.1) is 60.6 Å². The first-order valence-electron chi connectivity index (χ1n) is 25.0. The van der Waals surface area contributed by atoms with Crippen molar-refractivity contribution < 1.29 is 63.7 Å². The molecule has 8 aromatic rings. The quantitative estimate of drug-likeness (QED) is 0.0803. The van der Waals surface area contributed by atoms with Crippen LogP contribution in [0.4, 0.5) is 51.3 Å². The molecular formula is C57H52F8N8O6. The predicted octanol–water partition coefficient (Wildman–Crippen LogP) is 13.2. The van der Waals surface area contributed by atoms with Crippen molar-refractivity contribution in [2.75, 3.05) is 23.3 Å². The predicted molar refractivity (Wildman–Crippen MR) is 279 cm³/mol. The summed E-state index contributed by atoms with van der Waals surface area (Å²) in [6.07, 6.45) is 3.20. The number of pyridine rings is 2. The van der Waals surface area contributed by atoms with E-state index in [0.717, 1.165) is 53.8 Å². The van der Waals surface area contributed by atoms with E-state index in [2.05, 4.69) is 25.9 Å². The van der Waals surface area contributed by atoms with Gasteiger partial charge in [-0.2, -0.15) is 8.78 Å². The number of imidazole rings is 2. The first-order chi connectivity index (χ1) is 37.6. The fourth-order valence-electron chi connectivity index (χ4n) is 8.40. The van der Waals surface area contributed by atoms with Crippen molar-refractivity contribution in [1.29, 1.82) is 0 Å². The molecule has 412 valence electrons. The van der Waals surface area contributed by atoms with Crippen LogP contribution in [0.25, 0.3) is 33.8 Å². The third-order valence-electron chi connectivity index (χ3n) is 12.5. The lowest BCUT2D eigenvalue weighted by molar-refractivity contribution is 0.0543. The fourth-order valence-corrected chi connectivity index (χ4v) is 8.40. The fraction of sp³-hybridized carbons (Fsp3) is 0.281. The van der Waals surface area contributed by atoms with Crippen LogP contribution in [0.3, 0.4) is 0 Å². The Kier molecular flexibility index (Phi) is 15.8. The number of halogens is 8. The van der Waals surface area contributed by atoms with Gasteiger partial charge >= 0.3 is 6.09 Å². The number of hydrogen-bond acceptors (Lipinski definition) is 9. The summed E-state index contributed by atoms with van der Waals surface area (Å²) in [4.78, 5) is 47.8. The number of aryl methyl sites for hydroxylation is 2. The molecule has 0 spiro atoms. The topological polar surface area (TPSA) is 153 Å².